The average Bonchev–Trinajstić information content (AvgIpc) is 3.53. The second-order valence-corrected chi connectivity index (χ2v) is 8.02. The third-order valence-corrected chi connectivity index (χ3v) is 5.41. The summed E-state index contributed by atoms with van der Waals surface area (Å²) >= 11 is 0. The van der Waals surface area contributed by atoms with Crippen molar-refractivity contribution >= 4 is 11.6 Å². The van der Waals surface area contributed by atoms with Gasteiger partial charge >= 0.3 is 0 Å². The van der Waals surface area contributed by atoms with Crippen LogP contribution in [-0.2, 0) is 4.79 Å². The van der Waals surface area contributed by atoms with Gasteiger partial charge in [0.15, 0.2) is 5.69 Å². The van der Waals surface area contributed by atoms with E-state index in [1.165, 1.54) is 19.8 Å². The fourth-order valence-corrected chi connectivity index (χ4v) is 3.46. The summed E-state index contributed by atoms with van der Waals surface area (Å²) in [5, 5.41) is 12.3. The van der Waals surface area contributed by atoms with Gasteiger partial charge in [0.2, 0.25) is 11.8 Å². The van der Waals surface area contributed by atoms with Gasteiger partial charge in [-0.3, -0.25) is 4.79 Å². The number of nitrogens with zero attached hydrogens (tertiary/aromatic N) is 3. The molecule has 156 valence electrons. The molecule has 1 aromatic carbocycles. The molecule has 2 heterocycles. The minimum Gasteiger partial charge on any atom is -0.487 e. The van der Waals surface area contributed by atoms with Crippen LogP contribution < -0.4 is 19.7 Å². The molecule has 0 bridgehead atoms. The zero-order valence-corrected chi connectivity index (χ0v) is 17.3. The maximum absolute atomic E-state index is 11.2. The van der Waals surface area contributed by atoms with Crippen LogP contribution in [0.3, 0.4) is 0 Å². The van der Waals surface area contributed by atoms with Gasteiger partial charge in [-0.05, 0) is 49.4 Å². The van der Waals surface area contributed by atoms with Gasteiger partial charge in [0, 0.05) is 13.0 Å². The third kappa shape index (κ3) is 4.82. The van der Waals surface area contributed by atoms with E-state index in [4.69, 9.17) is 9.47 Å². The lowest BCUT2D eigenvalue weighted by Crippen LogP contribution is -2.54. The van der Waals surface area contributed by atoms with Crippen LogP contribution in [0, 0.1) is 17.2 Å². The van der Waals surface area contributed by atoms with Crippen LogP contribution >= 0.6 is 0 Å². The Hall–Kier alpha value is -3.27. The Kier molecular flexibility index (Phi) is 5.75. The number of carbonyl (C=O) groups excluding carboxylic acids is 1. The second kappa shape index (κ2) is 8.62. The predicted octanol–water partition coefficient (Wildman–Crippen LogP) is 3.21. The Morgan fingerprint density at radius 2 is 2.00 bits per heavy atom. The fourth-order valence-electron chi connectivity index (χ4n) is 3.46. The van der Waals surface area contributed by atoms with Crippen molar-refractivity contribution in [2.24, 2.45) is 5.92 Å². The molecule has 7 heteroatoms. The van der Waals surface area contributed by atoms with Crippen molar-refractivity contribution in [3.8, 4) is 17.7 Å². The SMILES string of the molecule is CC(=O)N[C@@H](C)c1ccc(OC2CN(c3ccc(OCC4CC4)nc3C#N)C2)cc1. The summed E-state index contributed by atoms with van der Waals surface area (Å²) in [7, 11) is 0. The van der Waals surface area contributed by atoms with Crippen LogP contribution in [0.2, 0.25) is 0 Å². The van der Waals surface area contributed by atoms with Gasteiger partial charge in [0.05, 0.1) is 31.4 Å². The molecule has 0 spiro atoms. The molecular formula is C23H26N4O3. The Balaban J connectivity index is 1.30. The molecule has 0 unspecified atom stereocenters. The highest BCUT2D eigenvalue weighted by Gasteiger charge is 2.31. The zero-order chi connectivity index (χ0) is 21.1. The van der Waals surface area contributed by atoms with E-state index in [2.05, 4.69) is 21.3 Å². The van der Waals surface area contributed by atoms with E-state index in [0.29, 0.717) is 37.2 Å². The summed E-state index contributed by atoms with van der Waals surface area (Å²) in [6.07, 6.45) is 2.49. The van der Waals surface area contributed by atoms with Crippen LogP contribution in [0.15, 0.2) is 36.4 Å². The molecule has 30 heavy (non-hydrogen) atoms. The molecule has 1 aromatic heterocycles. The molecule has 1 amide bonds. The van der Waals surface area contributed by atoms with Gasteiger partial charge in [-0.2, -0.15) is 5.26 Å². The van der Waals surface area contributed by atoms with Crippen LogP contribution in [-0.4, -0.2) is 36.7 Å². The van der Waals surface area contributed by atoms with Crippen molar-refractivity contribution in [2.45, 2.75) is 38.8 Å². The summed E-state index contributed by atoms with van der Waals surface area (Å²) < 4.78 is 11.7. The number of nitrogens with one attached hydrogen (secondary N) is 1. The molecule has 2 aromatic rings. The fraction of sp³-hybridized carbons (Fsp3) is 0.435. The first-order valence-electron chi connectivity index (χ1n) is 10.3. The number of pyridine rings is 1. The maximum atomic E-state index is 11.2. The predicted molar refractivity (Wildman–Crippen MR) is 112 cm³/mol. The Morgan fingerprint density at radius 3 is 2.63 bits per heavy atom. The van der Waals surface area contributed by atoms with Crippen molar-refractivity contribution in [1.82, 2.24) is 10.3 Å². The number of nitriles is 1. The molecule has 1 saturated heterocycles. The zero-order valence-electron chi connectivity index (χ0n) is 17.3. The first-order chi connectivity index (χ1) is 14.5. The summed E-state index contributed by atoms with van der Waals surface area (Å²) in [4.78, 5) is 17.6. The van der Waals surface area contributed by atoms with Crippen LogP contribution in [0.5, 0.6) is 11.6 Å². The van der Waals surface area contributed by atoms with E-state index in [1.807, 2.05) is 43.3 Å². The number of hydrogen-bond acceptors (Lipinski definition) is 6. The van der Waals surface area contributed by atoms with Gasteiger partial charge in [-0.25, -0.2) is 4.98 Å². The number of ether oxygens (including phenoxy) is 2. The van der Waals surface area contributed by atoms with E-state index in [-0.39, 0.29) is 18.1 Å². The average molecular weight is 406 g/mol. The maximum Gasteiger partial charge on any atom is 0.217 e. The molecule has 1 saturated carbocycles. The van der Waals surface area contributed by atoms with Crippen LogP contribution in [0.4, 0.5) is 5.69 Å². The Labute approximate surface area is 176 Å². The number of amides is 1. The quantitative estimate of drug-likeness (QED) is 0.724. The van der Waals surface area contributed by atoms with Crippen molar-refractivity contribution in [3.63, 3.8) is 0 Å². The van der Waals surface area contributed by atoms with Gasteiger partial charge in [-0.1, -0.05) is 12.1 Å². The number of rotatable bonds is 8. The van der Waals surface area contributed by atoms with Gasteiger partial charge in [0.1, 0.15) is 17.9 Å². The Bertz CT molecular complexity index is 944. The first kappa shape index (κ1) is 20.0. The largest absolute Gasteiger partial charge is 0.487 e. The highest BCUT2D eigenvalue weighted by molar-refractivity contribution is 5.73. The standard InChI is InChI=1S/C23H26N4O3/c1-15(25-16(2)28)18-5-7-19(8-6-18)30-20-12-27(13-20)22-9-10-23(26-21(22)11-24)29-14-17-3-4-17/h5-10,15,17,20H,3-4,12-14H2,1-2H3,(H,25,28)/t15-/m0/s1. The number of anilines is 1. The summed E-state index contributed by atoms with van der Waals surface area (Å²) in [6, 6.07) is 13.6. The summed E-state index contributed by atoms with van der Waals surface area (Å²) in [6.45, 7) is 5.53. The molecule has 2 fully saturated rings. The summed E-state index contributed by atoms with van der Waals surface area (Å²) in [5.41, 5.74) is 2.23. The van der Waals surface area contributed by atoms with E-state index in [1.54, 1.807) is 0 Å². The molecule has 1 aliphatic carbocycles. The van der Waals surface area contributed by atoms with Crippen LogP contribution in [0.1, 0.15) is 44.0 Å². The molecule has 4 rings (SSSR count). The van der Waals surface area contributed by atoms with Gasteiger partial charge in [0.25, 0.3) is 0 Å². The van der Waals surface area contributed by atoms with Crippen LogP contribution in [0.25, 0.3) is 0 Å². The second-order valence-electron chi connectivity index (χ2n) is 8.02. The lowest BCUT2D eigenvalue weighted by atomic mass is 10.1. The van der Waals surface area contributed by atoms with E-state index in [9.17, 15) is 10.1 Å². The number of carbonyl (C=O) groups is 1. The highest BCUT2D eigenvalue weighted by Crippen LogP contribution is 2.31. The third-order valence-electron chi connectivity index (χ3n) is 5.41. The van der Waals surface area contributed by atoms with Gasteiger partial charge < -0.3 is 19.7 Å². The smallest absolute Gasteiger partial charge is 0.217 e. The van der Waals surface area contributed by atoms with Crippen molar-refractivity contribution in [3.05, 3.63) is 47.7 Å². The van der Waals surface area contributed by atoms with Gasteiger partial charge in [-0.15, -0.1) is 0 Å². The molecule has 1 atom stereocenters. The first-order valence-corrected chi connectivity index (χ1v) is 10.3. The van der Waals surface area contributed by atoms with Crippen molar-refractivity contribution < 1.29 is 14.3 Å². The van der Waals surface area contributed by atoms with Crippen molar-refractivity contribution in [2.75, 3.05) is 24.6 Å². The van der Waals surface area contributed by atoms with E-state index < -0.39 is 0 Å². The number of hydrogen-bond donors (Lipinski definition) is 1. The number of benzene rings is 1. The normalized spacial score (nSPS) is 16.9. The highest BCUT2D eigenvalue weighted by atomic mass is 16.5. The lowest BCUT2D eigenvalue weighted by Gasteiger charge is -2.40. The molecule has 1 N–H and O–H groups in total. The molecule has 1 aliphatic heterocycles. The minimum absolute atomic E-state index is 0.0381. The van der Waals surface area contributed by atoms with E-state index in [0.717, 1.165) is 17.0 Å². The Morgan fingerprint density at radius 1 is 1.27 bits per heavy atom. The molecular weight excluding hydrogens is 380 g/mol. The minimum atomic E-state index is -0.0499. The molecule has 2 aliphatic rings. The monoisotopic (exact) mass is 406 g/mol. The topological polar surface area (TPSA) is 87.5 Å². The molecule has 7 nitrogen and oxygen atoms in total. The number of aromatic nitrogens is 1. The van der Waals surface area contributed by atoms with Crippen molar-refractivity contribution in [1.29, 1.82) is 5.26 Å². The van der Waals surface area contributed by atoms with E-state index >= 15 is 0 Å². The summed E-state index contributed by atoms with van der Waals surface area (Å²) in [5.74, 6) is 1.91. The molecule has 0 radical (unpaired) electrons. The lowest BCUT2D eigenvalue weighted by molar-refractivity contribution is -0.119.